The van der Waals surface area contributed by atoms with E-state index in [0.29, 0.717) is 27.0 Å². The smallest absolute Gasteiger partial charge is 0.266 e. The van der Waals surface area contributed by atoms with Crippen molar-refractivity contribution in [2.24, 2.45) is 5.92 Å². The van der Waals surface area contributed by atoms with Crippen molar-refractivity contribution in [2.45, 2.75) is 12.1 Å². The van der Waals surface area contributed by atoms with Crippen LogP contribution in [0.5, 0.6) is 11.5 Å². The Labute approximate surface area is 199 Å². The zero-order valence-electron chi connectivity index (χ0n) is 17.3. The summed E-state index contributed by atoms with van der Waals surface area (Å²) in [5.74, 6) is -1.46. The maximum absolute atomic E-state index is 13.6. The Kier molecular flexibility index (Phi) is 5.40. The maximum Gasteiger partial charge on any atom is 0.266 e. The minimum absolute atomic E-state index is 0.0358. The van der Waals surface area contributed by atoms with E-state index >= 15 is 0 Å². The molecule has 0 saturated carbocycles. The monoisotopic (exact) mass is 484 g/mol. The van der Waals surface area contributed by atoms with E-state index in [4.69, 9.17) is 32.8 Å². The number of nitrogens with zero attached hydrogens (tertiary/aromatic N) is 2. The third-order valence-corrected chi connectivity index (χ3v) is 6.33. The number of carbonyl (C=O) groups is 2. The third-order valence-electron chi connectivity index (χ3n) is 5.83. The number of rotatable bonds is 4. The molecule has 0 aromatic heterocycles. The van der Waals surface area contributed by atoms with Gasteiger partial charge >= 0.3 is 0 Å². The molecule has 1 N–H and O–H groups in total. The average molecular weight is 485 g/mol. The highest BCUT2D eigenvalue weighted by Crippen LogP contribution is 2.48. The van der Waals surface area contributed by atoms with Crippen molar-refractivity contribution in [3.63, 3.8) is 0 Å². The second kappa shape index (κ2) is 8.26. The van der Waals surface area contributed by atoms with Crippen LogP contribution in [0.1, 0.15) is 11.6 Å². The molecular weight excluding hydrogens is 467 g/mol. The first kappa shape index (κ1) is 21.6. The summed E-state index contributed by atoms with van der Waals surface area (Å²) in [6.07, 6.45) is -1.02. The molecule has 9 heteroatoms. The number of phenolic OH excluding ortho intramolecular Hbond substituents is 1. The summed E-state index contributed by atoms with van der Waals surface area (Å²) in [6.45, 7) is 0. The molecule has 2 amide bonds. The number of fused-ring (bicyclic) bond motifs is 1. The van der Waals surface area contributed by atoms with Crippen LogP contribution in [0.4, 0.5) is 11.4 Å². The summed E-state index contributed by atoms with van der Waals surface area (Å²) in [5, 5.41) is 12.7. The van der Waals surface area contributed by atoms with E-state index in [9.17, 15) is 14.7 Å². The number of hydrogen-bond acceptors (Lipinski definition) is 6. The fourth-order valence-corrected chi connectivity index (χ4v) is 4.54. The van der Waals surface area contributed by atoms with Gasteiger partial charge in [0.05, 0.1) is 24.5 Å². The molecule has 7 nitrogen and oxygen atoms in total. The molecule has 2 heterocycles. The molecule has 33 heavy (non-hydrogen) atoms. The number of ether oxygens (including phenoxy) is 1. The summed E-state index contributed by atoms with van der Waals surface area (Å²) in [6, 6.07) is 17.5. The topological polar surface area (TPSA) is 79.3 Å². The minimum Gasteiger partial charge on any atom is -0.504 e. The fraction of sp³-hybridized carbons (Fsp3) is 0.167. The van der Waals surface area contributed by atoms with Crippen LogP contribution in [0.25, 0.3) is 0 Å². The number of hydrogen-bond donors (Lipinski definition) is 1. The van der Waals surface area contributed by atoms with E-state index in [1.165, 1.54) is 13.2 Å². The normalized spacial score (nSPS) is 22.1. The quantitative estimate of drug-likeness (QED) is 0.537. The summed E-state index contributed by atoms with van der Waals surface area (Å²) >= 11 is 12.0. The lowest BCUT2D eigenvalue weighted by molar-refractivity contribution is -0.126. The Hall–Kier alpha value is -3.26. The molecule has 2 aliphatic rings. The van der Waals surface area contributed by atoms with Crippen LogP contribution in [0, 0.1) is 5.92 Å². The molecule has 0 aliphatic carbocycles. The van der Waals surface area contributed by atoms with Crippen LogP contribution in [0.15, 0.2) is 66.7 Å². The van der Waals surface area contributed by atoms with Crippen molar-refractivity contribution in [1.82, 2.24) is 0 Å². The van der Waals surface area contributed by atoms with E-state index in [2.05, 4.69) is 0 Å². The van der Waals surface area contributed by atoms with Gasteiger partial charge < -0.3 is 9.84 Å². The van der Waals surface area contributed by atoms with Crippen molar-refractivity contribution in [2.75, 3.05) is 17.1 Å². The number of carbonyl (C=O) groups excluding carboxylic acids is 2. The van der Waals surface area contributed by atoms with Crippen LogP contribution < -0.4 is 14.7 Å². The number of phenols is 1. The Morgan fingerprint density at radius 3 is 2.09 bits per heavy atom. The molecule has 0 radical (unpaired) electrons. The number of aromatic hydroxyl groups is 1. The summed E-state index contributed by atoms with van der Waals surface area (Å²) in [7, 11) is 1.44. The number of methoxy groups -OCH3 is 1. The molecule has 0 bridgehead atoms. The van der Waals surface area contributed by atoms with Gasteiger partial charge in [0.1, 0.15) is 5.92 Å². The lowest BCUT2D eigenvalue weighted by atomic mass is 9.90. The first-order valence-corrected chi connectivity index (χ1v) is 10.9. The van der Waals surface area contributed by atoms with Gasteiger partial charge in [-0.3, -0.25) is 14.4 Å². The van der Waals surface area contributed by atoms with Gasteiger partial charge in [-0.1, -0.05) is 29.3 Å². The number of hydroxylamine groups is 1. The van der Waals surface area contributed by atoms with Crippen molar-refractivity contribution in [3.8, 4) is 11.5 Å². The first-order valence-electron chi connectivity index (χ1n) is 10.1. The molecule has 3 aromatic carbocycles. The van der Waals surface area contributed by atoms with Crippen molar-refractivity contribution < 1.29 is 24.3 Å². The van der Waals surface area contributed by atoms with E-state index in [0.717, 1.165) is 4.90 Å². The first-order chi connectivity index (χ1) is 15.9. The zero-order chi connectivity index (χ0) is 23.3. The second-order valence-corrected chi connectivity index (χ2v) is 8.59. The number of imide groups is 1. The predicted octanol–water partition coefficient (Wildman–Crippen LogP) is 4.76. The average Bonchev–Trinajstić information content (AvgIpc) is 3.32. The van der Waals surface area contributed by atoms with Crippen LogP contribution in [-0.4, -0.2) is 30.1 Å². The van der Waals surface area contributed by atoms with Gasteiger partial charge in [-0.15, -0.1) is 0 Å². The highest BCUT2D eigenvalue weighted by atomic mass is 35.5. The maximum atomic E-state index is 13.6. The second-order valence-electron chi connectivity index (χ2n) is 7.72. The molecule has 5 rings (SSSR count). The van der Waals surface area contributed by atoms with Crippen LogP contribution >= 0.6 is 23.2 Å². The van der Waals surface area contributed by atoms with Gasteiger partial charge in [0.25, 0.3) is 5.91 Å². The van der Waals surface area contributed by atoms with Crippen molar-refractivity contribution in [1.29, 1.82) is 0 Å². The Morgan fingerprint density at radius 2 is 1.48 bits per heavy atom. The van der Waals surface area contributed by atoms with E-state index in [1.807, 2.05) is 0 Å². The van der Waals surface area contributed by atoms with Gasteiger partial charge in [-0.05, 0) is 66.2 Å². The SMILES string of the molecule is COc1cc([C@@H]2[C@@H]3C(=O)N(c4ccc(Cl)cc4)C(=O)[C@H]3ON2c2ccc(Cl)cc2)ccc1O. The molecule has 168 valence electrons. The number of anilines is 2. The summed E-state index contributed by atoms with van der Waals surface area (Å²) in [5.41, 5.74) is 1.70. The van der Waals surface area contributed by atoms with E-state index in [1.54, 1.807) is 65.7 Å². The fourth-order valence-electron chi connectivity index (χ4n) is 4.29. The van der Waals surface area contributed by atoms with Gasteiger partial charge in [0.15, 0.2) is 17.6 Å². The van der Waals surface area contributed by atoms with Gasteiger partial charge in [0.2, 0.25) is 5.91 Å². The highest BCUT2D eigenvalue weighted by Gasteiger charge is 2.60. The van der Waals surface area contributed by atoms with Crippen LogP contribution in [-0.2, 0) is 14.4 Å². The molecule has 0 unspecified atom stereocenters. The van der Waals surface area contributed by atoms with Crippen LogP contribution in [0.3, 0.4) is 0 Å². The van der Waals surface area contributed by atoms with Crippen LogP contribution in [0.2, 0.25) is 10.0 Å². The molecule has 2 saturated heterocycles. The molecule has 2 fully saturated rings. The largest absolute Gasteiger partial charge is 0.504 e. The minimum atomic E-state index is -1.02. The molecule has 2 aliphatic heterocycles. The van der Waals surface area contributed by atoms with E-state index < -0.39 is 24.0 Å². The Bertz CT molecular complexity index is 1230. The lowest BCUT2D eigenvalue weighted by Crippen LogP contribution is -2.37. The van der Waals surface area contributed by atoms with Gasteiger partial charge in [-0.2, -0.15) is 0 Å². The van der Waals surface area contributed by atoms with Gasteiger partial charge in [-0.25, -0.2) is 9.96 Å². The summed E-state index contributed by atoms with van der Waals surface area (Å²) in [4.78, 5) is 34.1. The zero-order valence-corrected chi connectivity index (χ0v) is 18.8. The standard InChI is InChI=1S/C24H18Cl2N2O5/c1-32-19-12-13(2-11-18(19)29)21-20-22(33-28(21)17-9-5-15(26)6-10-17)24(31)27(23(20)30)16-7-3-14(25)4-8-16/h2-12,20-22,29H,1H3/t20-,21+,22-/m0/s1. The number of amides is 2. The Morgan fingerprint density at radius 1 is 0.879 bits per heavy atom. The predicted molar refractivity (Wildman–Crippen MR) is 124 cm³/mol. The number of halogens is 2. The molecular formula is C24H18Cl2N2O5. The Balaban J connectivity index is 1.60. The third kappa shape index (κ3) is 3.58. The van der Waals surface area contributed by atoms with E-state index in [-0.39, 0.29) is 17.4 Å². The molecule has 0 spiro atoms. The summed E-state index contributed by atoms with van der Waals surface area (Å²) < 4.78 is 5.26. The van der Waals surface area contributed by atoms with Gasteiger partial charge in [0, 0.05) is 10.0 Å². The molecule has 3 aromatic rings. The van der Waals surface area contributed by atoms with Crippen molar-refractivity contribution >= 4 is 46.4 Å². The highest BCUT2D eigenvalue weighted by molar-refractivity contribution is 6.31. The number of benzene rings is 3. The lowest BCUT2D eigenvalue weighted by Gasteiger charge is -2.29. The van der Waals surface area contributed by atoms with Crippen molar-refractivity contribution in [3.05, 3.63) is 82.3 Å². The molecule has 3 atom stereocenters.